The zero-order chi connectivity index (χ0) is 15.6. The van der Waals surface area contributed by atoms with Crippen molar-refractivity contribution in [3.63, 3.8) is 0 Å². The number of pyridine rings is 1. The fourth-order valence-electron chi connectivity index (χ4n) is 2.90. The Morgan fingerprint density at radius 2 is 2.24 bits per heavy atom. The lowest BCUT2D eigenvalue weighted by molar-refractivity contribution is -0.384. The van der Waals surface area contributed by atoms with Gasteiger partial charge in [-0.25, -0.2) is 4.79 Å². The number of nitro groups is 1. The Balaban J connectivity index is 2.32. The van der Waals surface area contributed by atoms with E-state index in [1.807, 2.05) is 11.8 Å². The average molecular weight is 294 g/mol. The van der Waals surface area contributed by atoms with Crippen molar-refractivity contribution in [3.05, 3.63) is 28.1 Å². The van der Waals surface area contributed by atoms with E-state index in [1.54, 1.807) is 13.1 Å². The van der Waals surface area contributed by atoms with E-state index in [9.17, 15) is 14.9 Å². The second kappa shape index (κ2) is 5.94. The van der Waals surface area contributed by atoms with Gasteiger partial charge >= 0.3 is 11.8 Å². The van der Waals surface area contributed by atoms with Gasteiger partial charge in [-0.2, -0.15) is 0 Å². The Hall–Kier alpha value is -2.38. The van der Waals surface area contributed by atoms with Crippen LogP contribution in [-0.2, 0) is 0 Å². The minimum Gasteiger partial charge on any atom is -0.465 e. The number of nitrogens with zero attached hydrogens (tertiary/aromatic N) is 3. The number of anilines is 1. The summed E-state index contributed by atoms with van der Waals surface area (Å²) < 4.78 is 0. The molecule has 1 aliphatic heterocycles. The lowest BCUT2D eigenvalue weighted by atomic mass is 9.95. The molecule has 2 N–H and O–H groups in total. The van der Waals surface area contributed by atoms with Crippen molar-refractivity contribution in [3.8, 4) is 0 Å². The van der Waals surface area contributed by atoms with Crippen LogP contribution in [0.2, 0.25) is 0 Å². The van der Waals surface area contributed by atoms with Crippen LogP contribution in [0, 0.1) is 23.0 Å². The molecule has 0 aliphatic carbocycles. The first-order valence-corrected chi connectivity index (χ1v) is 6.72. The molecular formula is C13H18N4O4. The van der Waals surface area contributed by atoms with Gasteiger partial charge in [0.15, 0.2) is 0 Å². The summed E-state index contributed by atoms with van der Waals surface area (Å²) in [5.41, 5.74) is 1.20. The molecular weight excluding hydrogens is 276 g/mol. The number of carbonyl (C=O) groups is 1. The molecule has 0 saturated carbocycles. The molecule has 0 spiro atoms. The maximum absolute atomic E-state index is 11.2. The second-order valence-electron chi connectivity index (χ2n) is 5.47. The van der Waals surface area contributed by atoms with Crippen LogP contribution in [0.3, 0.4) is 0 Å². The number of aromatic nitrogens is 1. The molecule has 1 aromatic rings. The Bertz CT molecular complexity index is 563. The number of amides is 1. The van der Waals surface area contributed by atoms with Crippen molar-refractivity contribution < 1.29 is 14.8 Å². The van der Waals surface area contributed by atoms with Crippen LogP contribution in [0.5, 0.6) is 0 Å². The third-order valence-electron chi connectivity index (χ3n) is 3.58. The number of nitrogens with one attached hydrogen (secondary N) is 1. The van der Waals surface area contributed by atoms with E-state index in [1.165, 1.54) is 6.20 Å². The molecule has 1 aromatic heterocycles. The van der Waals surface area contributed by atoms with E-state index in [0.717, 1.165) is 6.42 Å². The first kappa shape index (κ1) is 15.0. The van der Waals surface area contributed by atoms with Crippen LogP contribution < -0.4 is 10.2 Å². The molecule has 1 amide bonds. The highest BCUT2D eigenvalue weighted by Crippen LogP contribution is 2.33. The van der Waals surface area contributed by atoms with Gasteiger partial charge < -0.3 is 15.3 Å². The van der Waals surface area contributed by atoms with Gasteiger partial charge in [-0.1, -0.05) is 6.92 Å². The zero-order valence-electron chi connectivity index (χ0n) is 11.9. The fraction of sp³-hybridized carbons (Fsp3) is 0.538. The molecule has 0 aromatic carbocycles. The van der Waals surface area contributed by atoms with Gasteiger partial charge in [0.05, 0.1) is 4.92 Å². The van der Waals surface area contributed by atoms with E-state index in [0.29, 0.717) is 24.3 Å². The monoisotopic (exact) mass is 294 g/mol. The van der Waals surface area contributed by atoms with Crippen LogP contribution >= 0.6 is 0 Å². The Kier molecular flexibility index (Phi) is 4.25. The number of aryl methyl sites for hydroxylation is 1. The lowest BCUT2D eigenvalue weighted by Crippen LogP contribution is -2.50. The Labute approximate surface area is 121 Å². The van der Waals surface area contributed by atoms with E-state index in [2.05, 4.69) is 10.3 Å². The SMILES string of the molecule is Cc1cncc([N+](=O)[O-])c1N1C[C@H](C)C[C@H](NC(=O)O)C1. The molecule has 8 heteroatoms. The first-order chi connectivity index (χ1) is 9.88. The molecule has 114 valence electrons. The summed E-state index contributed by atoms with van der Waals surface area (Å²) in [7, 11) is 0. The third kappa shape index (κ3) is 3.39. The summed E-state index contributed by atoms with van der Waals surface area (Å²) >= 11 is 0. The minimum atomic E-state index is -1.07. The van der Waals surface area contributed by atoms with Gasteiger partial charge in [0.25, 0.3) is 0 Å². The number of piperidine rings is 1. The summed E-state index contributed by atoms with van der Waals surface area (Å²) in [6, 6.07) is -0.238. The molecule has 0 unspecified atom stereocenters. The standard InChI is InChI=1S/C13H18N4O4/c1-8-3-10(15-13(18)19)7-16(6-8)12-9(2)4-14-5-11(12)17(20)21/h4-5,8,10,15H,3,6-7H2,1-2H3,(H,18,19)/t8-,10+/m1/s1. The normalized spacial score (nSPS) is 21.9. The quantitative estimate of drug-likeness (QED) is 0.649. The van der Waals surface area contributed by atoms with E-state index >= 15 is 0 Å². The summed E-state index contributed by atoms with van der Waals surface area (Å²) in [5.74, 6) is 0.239. The van der Waals surface area contributed by atoms with Crippen LogP contribution in [-0.4, -0.2) is 40.2 Å². The van der Waals surface area contributed by atoms with Crippen LogP contribution in [0.4, 0.5) is 16.2 Å². The highest BCUT2D eigenvalue weighted by Gasteiger charge is 2.30. The second-order valence-corrected chi connectivity index (χ2v) is 5.47. The zero-order valence-corrected chi connectivity index (χ0v) is 11.9. The number of rotatable bonds is 3. The van der Waals surface area contributed by atoms with Gasteiger partial charge in [-0.15, -0.1) is 0 Å². The summed E-state index contributed by atoms with van der Waals surface area (Å²) in [5, 5.41) is 22.5. The van der Waals surface area contributed by atoms with Crippen molar-refractivity contribution in [1.82, 2.24) is 10.3 Å². The van der Waals surface area contributed by atoms with Crippen molar-refractivity contribution in [2.24, 2.45) is 5.92 Å². The molecule has 2 heterocycles. The topological polar surface area (TPSA) is 109 Å². The van der Waals surface area contributed by atoms with Gasteiger partial charge in [0, 0.05) is 25.3 Å². The number of hydrogen-bond donors (Lipinski definition) is 2. The van der Waals surface area contributed by atoms with Crippen molar-refractivity contribution in [1.29, 1.82) is 0 Å². The van der Waals surface area contributed by atoms with E-state index in [4.69, 9.17) is 5.11 Å². The minimum absolute atomic E-state index is 0.0434. The van der Waals surface area contributed by atoms with Crippen LogP contribution in [0.1, 0.15) is 18.9 Å². The smallest absolute Gasteiger partial charge is 0.404 e. The Morgan fingerprint density at radius 3 is 2.86 bits per heavy atom. The predicted molar refractivity (Wildman–Crippen MR) is 76.6 cm³/mol. The van der Waals surface area contributed by atoms with Crippen LogP contribution in [0.25, 0.3) is 0 Å². The summed E-state index contributed by atoms with van der Waals surface area (Å²) in [6.07, 6.45) is 2.47. The lowest BCUT2D eigenvalue weighted by Gasteiger charge is -2.37. The Morgan fingerprint density at radius 1 is 1.52 bits per heavy atom. The molecule has 1 saturated heterocycles. The third-order valence-corrected chi connectivity index (χ3v) is 3.58. The maximum atomic E-state index is 11.2. The maximum Gasteiger partial charge on any atom is 0.404 e. The molecule has 1 aliphatic rings. The highest BCUT2D eigenvalue weighted by atomic mass is 16.6. The van der Waals surface area contributed by atoms with Gasteiger partial charge in [-0.05, 0) is 24.8 Å². The van der Waals surface area contributed by atoms with Crippen LogP contribution in [0.15, 0.2) is 12.4 Å². The molecule has 1 fully saturated rings. The predicted octanol–water partition coefficient (Wildman–Crippen LogP) is 1.78. The van der Waals surface area contributed by atoms with Crippen molar-refractivity contribution in [2.75, 3.05) is 18.0 Å². The van der Waals surface area contributed by atoms with Crippen molar-refractivity contribution >= 4 is 17.5 Å². The molecule has 2 rings (SSSR count). The molecule has 21 heavy (non-hydrogen) atoms. The van der Waals surface area contributed by atoms with E-state index in [-0.39, 0.29) is 17.6 Å². The molecule has 0 bridgehead atoms. The molecule has 2 atom stereocenters. The average Bonchev–Trinajstić information content (AvgIpc) is 2.36. The largest absolute Gasteiger partial charge is 0.465 e. The fourth-order valence-corrected chi connectivity index (χ4v) is 2.90. The first-order valence-electron chi connectivity index (χ1n) is 6.72. The molecule has 8 nitrogen and oxygen atoms in total. The summed E-state index contributed by atoms with van der Waals surface area (Å²) in [6.45, 7) is 4.85. The molecule has 0 radical (unpaired) electrons. The van der Waals surface area contributed by atoms with Crippen molar-refractivity contribution in [2.45, 2.75) is 26.3 Å². The number of hydrogen-bond acceptors (Lipinski definition) is 5. The van der Waals surface area contributed by atoms with Gasteiger partial charge in [0.2, 0.25) is 0 Å². The highest BCUT2D eigenvalue weighted by molar-refractivity contribution is 5.68. The van der Waals surface area contributed by atoms with E-state index < -0.39 is 11.0 Å². The number of carboxylic acid groups (broad SMARTS) is 1. The van der Waals surface area contributed by atoms with Gasteiger partial charge in [0.1, 0.15) is 11.9 Å². The summed E-state index contributed by atoms with van der Waals surface area (Å²) in [4.78, 5) is 27.3. The van der Waals surface area contributed by atoms with Gasteiger partial charge in [-0.3, -0.25) is 15.1 Å².